The summed E-state index contributed by atoms with van der Waals surface area (Å²) in [6.45, 7) is 8.29. The van der Waals surface area contributed by atoms with Crippen LogP contribution in [0.15, 0.2) is 0 Å². The summed E-state index contributed by atoms with van der Waals surface area (Å²) >= 11 is 0. The molecule has 0 aromatic heterocycles. The minimum absolute atomic E-state index is 0.478. The number of hydrogen-bond acceptors (Lipinski definition) is 4. The molecule has 4 nitrogen and oxygen atoms in total. The molecule has 2 radical (unpaired) electrons. The number of nitrogens with zero attached hydrogens (tertiary/aromatic N) is 1. The molecule has 0 rings (SSSR count). The van der Waals surface area contributed by atoms with Gasteiger partial charge in [0.15, 0.2) is 14.8 Å². The Bertz CT molecular complexity index is 157. The van der Waals surface area contributed by atoms with Crippen LogP contribution in [0.25, 0.3) is 0 Å². The van der Waals surface area contributed by atoms with Crippen molar-refractivity contribution in [1.29, 1.82) is 5.26 Å². The fraction of sp³-hybridized carbons (Fsp3) is 0.857. The SMILES string of the molecule is CCO[P+]([B-]C#N)(OCC)OCC. The van der Waals surface area contributed by atoms with Gasteiger partial charge in [-0.2, -0.15) is 5.97 Å². The number of hydrogen-bond donors (Lipinski definition) is 0. The Balaban J connectivity index is 4.29. The zero-order valence-electron chi connectivity index (χ0n) is 8.32. The van der Waals surface area contributed by atoms with Gasteiger partial charge in [0.05, 0.1) is 19.8 Å². The smallest absolute Gasteiger partial charge is 0.186 e. The average Bonchev–Trinajstić information content (AvgIpc) is 2.06. The second kappa shape index (κ2) is 7.29. The third-order valence-corrected chi connectivity index (χ3v) is 3.43. The maximum absolute atomic E-state index is 8.56. The van der Waals surface area contributed by atoms with E-state index in [1.807, 2.05) is 26.7 Å². The van der Waals surface area contributed by atoms with Crippen molar-refractivity contribution in [3.8, 4) is 5.97 Å². The van der Waals surface area contributed by atoms with Crippen molar-refractivity contribution in [2.75, 3.05) is 19.8 Å². The first-order valence-electron chi connectivity index (χ1n) is 4.31. The molecule has 13 heavy (non-hydrogen) atoms. The van der Waals surface area contributed by atoms with Crippen molar-refractivity contribution >= 4 is 14.8 Å². The van der Waals surface area contributed by atoms with E-state index < -0.39 is 7.82 Å². The van der Waals surface area contributed by atoms with Gasteiger partial charge in [-0.05, 0) is 20.8 Å². The van der Waals surface area contributed by atoms with Gasteiger partial charge in [-0.25, -0.2) is 13.6 Å². The minimum Gasteiger partial charge on any atom is -0.252 e. The molecule has 0 bridgehead atoms. The first-order chi connectivity index (χ1) is 6.24. The molecule has 0 N–H and O–H groups in total. The van der Waals surface area contributed by atoms with Crippen LogP contribution >= 0.6 is 7.82 Å². The molecule has 74 valence electrons. The Kier molecular flexibility index (Phi) is 7.21. The lowest BCUT2D eigenvalue weighted by Crippen LogP contribution is -2.12. The van der Waals surface area contributed by atoms with Crippen molar-refractivity contribution in [3.05, 3.63) is 0 Å². The van der Waals surface area contributed by atoms with Gasteiger partial charge in [0.25, 0.3) is 0 Å². The fourth-order valence-electron chi connectivity index (χ4n) is 0.834. The molecule has 0 fully saturated rings. The predicted molar refractivity (Wildman–Crippen MR) is 53.2 cm³/mol. The molecule has 0 unspecified atom stereocenters. The normalized spacial score (nSPS) is 11.2. The standard InChI is InChI=1S/C7H15BNO3P/c1-4-10-13(8-7-9,11-5-2)12-6-3/h4-6H2,1-3H3. The summed E-state index contributed by atoms with van der Waals surface area (Å²) in [7, 11) is -2.48. The van der Waals surface area contributed by atoms with Crippen molar-refractivity contribution in [2.24, 2.45) is 0 Å². The van der Waals surface area contributed by atoms with Gasteiger partial charge >= 0.3 is 0 Å². The molecule has 0 aromatic carbocycles. The van der Waals surface area contributed by atoms with Gasteiger partial charge in [-0.15, -0.1) is 0 Å². The van der Waals surface area contributed by atoms with E-state index in [0.29, 0.717) is 19.8 Å². The third kappa shape index (κ3) is 4.59. The molecule has 0 aliphatic rings. The zero-order chi connectivity index (χ0) is 10.2. The molecule has 0 saturated heterocycles. The van der Waals surface area contributed by atoms with Gasteiger partial charge in [0.1, 0.15) is 0 Å². The van der Waals surface area contributed by atoms with Gasteiger partial charge < -0.3 is 0 Å². The number of nitriles is 1. The van der Waals surface area contributed by atoms with Gasteiger partial charge in [-0.1, -0.05) is 0 Å². The summed E-state index contributed by atoms with van der Waals surface area (Å²) in [5, 5.41) is 8.56. The van der Waals surface area contributed by atoms with Crippen molar-refractivity contribution in [1.82, 2.24) is 0 Å². The third-order valence-electron chi connectivity index (χ3n) is 1.14. The first-order valence-corrected chi connectivity index (χ1v) is 5.92. The Hall–Kier alpha value is -0.135. The lowest BCUT2D eigenvalue weighted by atomic mass is 10.2. The van der Waals surface area contributed by atoms with Crippen LogP contribution in [0.3, 0.4) is 0 Å². The van der Waals surface area contributed by atoms with E-state index in [9.17, 15) is 0 Å². The Morgan fingerprint density at radius 2 is 1.46 bits per heavy atom. The summed E-state index contributed by atoms with van der Waals surface area (Å²) in [5.41, 5.74) is 0. The average molecular weight is 203 g/mol. The molecule has 0 aliphatic heterocycles. The van der Waals surface area contributed by atoms with Crippen LogP contribution in [-0.4, -0.2) is 26.8 Å². The molecule has 0 saturated carbocycles. The van der Waals surface area contributed by atoms with Crippen LogP contribution in [0.2, 0.25) is 0 Å². The number of rotatable bonds is 7. The largest absolute Gasteiger partial charge is 0.252 e. The molecule has 6 heteroatoms. The summed E-state index contributed by atoms with van der Waals surface area (Å²) in [4.78, 5) is 0. The van der Waals surface area contributed by atoms with Gasteiger partial charge in [0.2, 0.25) is 0 Å². The minimum atomic E-state index is -2.48. The first kappa shape index (κ1) is 12.9. The van der Waals surface area contributed by atoms with E-state index in [0.717, 1.165) is 0 Å². The van der Waals surface area contributed by atoms with Gasteiger partial charge in [0, 0.05) is 0 Å². The Labute approximate surface area is 81.0 Å². The zero-order valence-corrected chi connectivity index (χ0v) is 9.21. The highest BCUT2D eigenvalue weighted by atomic mass is 31.2. The summed E-state index contributed by atoms with van der Waals surface area (Å²) in [5.74, 6) is 1.91. The summed E-state index contributed by atoms with van der Waals surface area (Å²) < 4.78 is 16.0. The molecule has 0 amide bonds. The van der Waals surface area contributed by atoms with Crippen molar-refractivity contribution in [3.63, 3.8) is 0 Å². The lowest BCUT2D eigenvalue weighted by Gasteiger charge is -2.28. The van der Waals surface area contributed by atoms with Crippen LogP contribution in [-0.2, 0) is 13.6 Å². The van der Waals surface area contributed by atoms with E-state index in [2.05, 4.69) is 0 Å². The lowest BCUT2D eigenvalue weighted by molar-refractivity contribution is 0.167. The fourth-order valence-corrected chi connectivity index (χ4v) is 2.50. The monoisotopic (exact) mass is 203 g/mol. The topological polar surface area (TPSA) is 51.5 Å². The van der Waals surface area contributed by atoms with E-state index >= 15 is 0 Å². The van der Waals surface area contributed by atoms with Crippen LogP contribution in [0.1, 0.15) is 20.8 Å². The van der Waals surface area contributed by atoms with Crippen LogP contribution in [0.5, 0.6) is 0 Å². The van der Waals surface area contributed by atoms with E-state index in [1.54, 1.807) is 0 Å². The molecular formula is C7H15BNO3P. The van der Waals surface area contributed by atoms with Crippen molar-refractivity contribution < 1.29 is 13.6 Å². The maximum Gasteiger partial charge on any atom is 0.186 e. The Morgan fingerprint density at radius 3 is 1.69 bits per heavy atom. The molecule has 0 aromatic rings. The van der Waals surface area contributed by atoms with E-state index in [4.69, 9.17) is 18.8 Å². The molecule has 0 heterocycles. The van der Waals surface area contributed by atoms with Crippen LogP contribution in [0.4, 0.5) is 0 Å². The molecule has 0 atom stereocenters. The Morgan fingerprint density at radius 1 is 1.08 bits per heavy atom. The highest BCUT2D eigenvalue weighted by Crippen LogP contribution is 2.59. The van der Waals surface area contributed by atoms with E-state index in [1.165, 1.54) is 7.00 Å². The quantitative estimate of drug-likeness (QED) is 0.468. The van der Waals surface area contributed by atoms with E-state index in [-0.39, 0.29) is 0 Å². The maximum atomic E-state index is 8.56. The molecule has 0 spiro atoms. The molecule has 0 aliphatic carbocycles. The van der Waals surface area contributed by atoms with Crippen LogP contribution < -0.4 is 0 Å². The molecular weight excluding hydrogens is 188 g/mol. The van der Waals surface area contributed by atoms with Crippen LogP contribution in [0, 0.1) is 11.2 Å². The second-order valence-electron chi connectivity index (χ2n) is 2.05. The van der Waals surface area contributed by atoms with Gasteiger partial charge in [-0.3, -0.25) is 5.26 Å². The summed E-state index contributed by atoms with van der Waals surface area (Å²) in [6, 6.07) is 0. The highest BCUT2D eigenvalue weighted by molar-refractivity contribution is 7.90. The summed E-state index contributed by atoms with van der Waals surface area (Å²) in [6.07, 6.45) is 0. The highest BCUT2D eigenvalue weighted by Gasteiger charge is 2.30. The predicted octanol–water partition coefficient (Wildman–Crippen LogP) is 1.96. The van der Waals surface area contributed by atoms with Crippen molar-refractivity contribution in [2.45, 2.75) is 20.8 Å². The second-order valence-corrected chi connectivity index (χ2v) is 4.16.